The first-order valence-corrected chi connectivity index (χ1v) is 11.2. The summed E-state index contributed by atoms with van der Waals surface area (Å²) >= 11 is 2.21. The summed E-state index contributed by atoms with van der Waals surface area (Å²) in [5.74, 6) is -0.0606. The van der Waals surface area contributed by atoms with Crippen LogP contribution in [0.15, 0.2) is 53.6 Å². The van der Waals surface area contributed by atoms with Gasteiger partial charge in [0, 0.05) is 3.57 Å². The Hall–Kier alpha value is -2.14. The van der Waals surface area contributed by atoms with E-state index in [-0.39, 0.29) is 12.3 Å². The van der Waals surface area contributed by atoms with Gasteiger partial charge in [-0.25, -0.2) is 13.8 Å². The number of hydrogen-bond donors (Lipinski definition) is 1. The first-order valence-electron chi connectivity index (χ1n) is 8.50. The van der Waals surface area contributed by atoms with E-state index in [1.165, 1.54) is 14.0 Å². The number of benzene rings is 2. The third-order valence-electron chi connectivity index (χ3n) is 3.96. The van der Waals surface area contributed by atoms with Crippen LogP contribution in [-0.4, -0.2) is 39.4 Å². The van der Waals surface area contributed by atoms with Gasteiger partial charge in [0.1, 0.15) is 12.3 Å². The molecule has 1 N–H and O–H groups in total. The molecular weight excluding hydrogens is 493 g/mol. The quantitative estimate of drug-likeness (QED) is 0.333. The number of nitrogens with one attached hydrogen (secondary N) is 1. The van der Waals surface area contributed by atoms with Gasteiger partial charge >= 0.3 is 0 Å². The molecule has 0 bridgehead atoms. The third-order valence-corrected chi connectivity index (χ3v) is 6.42. The molecule has 0 heterocycles. The summed E-state index contributed by atoms with van der Waals surface area (Å²) in [6.45, 7) is 2.93. The summed E-state index contributed by atoms with van der Waals surface area (Å²) in [4.78, 5) is 12.4. The van der Waals surface area contributed by atoms with Crippen LogP contribution in [-0.2, 0) is 14.8 Å². The number of sulfonamides is 1. The zero-order chi connectivity index (χ0) is 20.7. The molecular formula is C19H22IN3O4S. The molecule has 0 spiro atoms. The standard InChI is InChI=1S/C19H22IN3O4S/c1-4-28(25,26)23(17-9-11-18(27-3)12-10-17)13-19(24)22-21-14(2)15-5-7-16(20)8-6-15/h5-12H,4,13H2,1-3H3,(H,22,24)/b21-14-. The fourth-order valence-corrected chi connectivity index (χ4v) is 3.75. The highest BCUT2D eigenvalue weighted by Crippen LogP contribution is 2.22. The van der Waals surface area contributed by atoms with Gasteiger partial charge in [-0.1, -0.05) is 12.1 Å². The van der Waals surface area contributed by atoms with Crippen molar-refractivity contribution in [3.8, 4) is 5.75 Å². The number of nitrogens with zero attached hydrogens (tertiary/aromatic N) is 2. The first-order chi connectivity index (χ1) is 13.3. The zero-order valence-corrected chi connectivity index (χ0v) is 18.8. The van der Waals surface area contributed by atoms with E-state index in [1.54, 1.807) is 31.2 Å². The lowest BCUT2D eigenvalue weighted by molar-refractivity contribution is -0.119. The van der Waals surface area contributed by atoms with E-state index in [4.69, 9.17) is 4.74 Å². The van der Waals surface area contributed by atoms with E-state index in [1.807, 2.05) is 24.3 Å². The molecule has 0 aliphatic rings. The molecule has 2 aromatic carbocycles. The topological polar surface area (TPSA) is 88.1 Å². The van der Waals surface area contributed by atoms with Crippen LogP contribution in [0.5, 0.6) is 5.75 Å². The Kier molecular flexibility index (Phi) is 7.81. The molecule has 0 radical (unpaired) electrons. The summed E-state index contributed by atoms with van der Waals surface area (Å²) in [5.41, 5.74) is 4.31. The minimum Gasteiger partial charge on any atom is -0.497 e. The van der Waals surface area contributed by atoms with Crippen molar-refractivity contribution < 1.29 is 17.9 Å². The second kappa shape index (κ2) is 9.87. The van der Waals surface area contributed by atoms with E-state index >= 15 is 0 Å². The largest absolute Gasteiger partial charge is 0.497 e. The third kappa shape index (κ3) is 5.93. The van der Waals surface area contributed by atoms with E-state index < -0.39 is 15.9 Å². The van der Waals surface area contributed by atoms with Gasteiger partial charge < -0.3 is 4.74 Å². The number of carbonyl (C=O) groups excluding carboxylic acids is 1. The molecule has 0 aromatic heterocycles. The van der Waals surface area contributed by atoms with Crippen molar-refractivity contribution in [3.63, 3.8) is 0 Å². The van der Waals surface area contributed by atoms with Crippen molar-refractivity contribution in [2.75, 3.05) is 23.7 Å². The number of carbonyl (C=O) groups is 1. The van der Waals surface area contributed by atoms with Gasteiger partial charge in [0.2, 0.25) is 10.0 Å². The second-order valence-corrected chi connectivity index (χ2v) is 9.27. The zero-order valence-electron chi connectivity index (χ0n) is 15.8. The predicted molar refractivity (Wildman–Crippen MR) is 119 cm³/mol. The number of ether oxygens (including phenoxy) is 1. The molecule has 0 saturated heterocycles. The van der Waals surface area contributed by atoms with Crippen molar-refractivity contribution >= 4 is 49.9 Å². The Morgan fingerprint density at radius 3 is 2.29 bits per heavy atom. The number of methoxy groups -OCH3 is 1. The van der Waals surface area contributed by atoms with Crippen molar-refractivity contribution in [3.05, 3.63) is 57.7 Å². The molecule has 0 unspecified atom stereocenters. The summed E-state index contributed by atoms with van der Waals surface area (Å²) < 4.78 is 32.2. The molecule has 0 atom stereocenters. The lowest BCUT2D eigenvalue weighted by atomic mass is 10.1. The SMILES string of the molecule is CCS(=O)(=O)N(CC(=O)N/N=C(/C)c1ccc(I)cc1)c1ccc(OC)cc1. The van der Waals surface area contributed by atoms with Gasteiger partial charge in [-0.15, -0.1) is 0 Å². The van der Waals surface area contributed by atoms with E-state index in [2.05, 4.69) is 33.1 Å². The number of hydrogen-bond acceptors (Lipinski definition) is 5. The van der Waals surface area contributed by atoms with E-state index in [0.29, 0.717) is 17.1 Å². The Morgan fingerprint density at radius 1 is 1.14 bits per heavy atom. The lowest BCUT2D eigenvalue weighted by Gasteiger charge is -2.23. The summed E-state index contributed by atoms with van der Waals surface area (Å²) in [6.07, 6.45) is 0. The van der Waals surface area contributed by atoms with Crippen LogP contribution in [0.3, 0.4) is 0 Å². The number of halogens is 1. The van der Waals surface area contributed by atoms with Crippen LogP contribution in [0.1, 0.15) is 19.4 Å². The Labute approximate surface area is 179 Å². The normalized spacial score (nSPS) is 11.8. The number of amides is 1. The van der Waals surface area contributed by atoms with Gasteiger partial charge in [0.05, 0.1) is 24.3 Å². The molecule has 0 aliphatic carbocycles. The van der Waals surface area contributed by atoms with Crippen LogP contribution in [0.2, 0.25) is 0 Å². The summed E-state index contributed by atoms with van der Waals surface area (Å²) in [5, 5.41) is 4.08. The molecule has 0 saturated carbocycles. The van der Waals surface area contributed by atoms with Crippen LogP contribution in [0, 0.1) is 3.57 Å². The first kappa shape index (κ1) is 22.2. The smallest absolute Gasteiger partial charge is 0.260 e. The fraction of sp³-hybridized carbons (Fsp3) is 0.263. The van der Waals surface area contributed by atoms with Crippen molar-refractivity contribution in [1.29, 1.82) is 0 Å². The molecule has 2 aromatic rings. The molecule has 7 nitrogen and oxygen atoms in total. The monoisotopic (exact) mass is 515 g/mol. The summed E-state index contributed by atoms with van der Waals surface area (Å²) in [7, 11) is -2.12. The molecule has 0 aliphatic heterocycles. The average Bonchev–Trinajstić information content (AvgIpc) is 2.70. The van der Waals surface area contributed by atoms with E-state index in [9.17, 15) is 13.2 Å². The van der Waals surface area contributed by atoms with Crippen LogP contribution >= 0.6 is 22.6 Å². The maximum Gasteiger partial charge on any atom is 0.260 e. The number of anilines is 1. The minimum atomic E-state index is -3.64. The molecule has 28 heavy (non-hydrogen) atoms. The van der Waals surface area contributed by atoms with Crippen LogP contribution in [0.4, 0.5) is 5.69 Å². The lowest BCUT2D eigenvalue weighted by Crippen LogP contribution is -2.40. The minimum absolute atomic E-state index is 0.128. The summed E-state index contributed by atoms with van der Waals surface area (Å²) in [6, 6.07) is 14.2. The van der Waals surface area contributed by atoms with Crippen LogP contribution < -0.4 is 14.5 Å². The molecule has 2 rings (SSSR count). The highest BCUT2D eigenvalue weighted by atomic mass is 127. The van der Waals surface area contributed by atoms with E-state index in [0.717, 1.165) is 13.4 Å². The Morgan fingerprint density at radius 2 is 1.75 bits per heavy atom. The maximum absolute atomic E-state index is 12.5. The maximum atomic E-state index is 12.5. The number of rotatable bonds is 8. The average molecular weight is 515 g/mol. The van der Waals surface area contributed by atoms with Gasteiger partial charge in [-0.2, -0.15) is 5.10 Å². The molecule has 0 fully saturated rings. The highest BCUT2D eigenvalue weighted by molar-refractivity contribution is 14.1. The van der Waals surface area contributed by atoms with Crippen molar-refractivity contribution in [1.82, 2.24) is 5.43 Å². The Balaban J connectivity index is 2.15. The van der Waals surface area contributed by atoms with Crippen molar-refractivity contribution in [2.24, 2.45) is 5.10 Å². The highest BCUT2D eigenvalue weighted by Gasteiger charge is 2.23. The van der Waals surface area contributed by atoms with Gasteiger partial charge in [0.15, 0.2) is 0 Å². The number of hydrazone groups is 1. The predicted octanol–water partition coefficient (Wildman–Crippen LogP) is 3.00. The Bertz CT molecular complexity index is 942. The fourth-order valence-electron chi connectivity index (χ4n) is 2.32. The van der Waals surface area contributed by atoms with Crippen LogP contribution in [0.25, 0.3) is 0 Å². The molecule has 150 valence electrons. The second-order valence-electron chi connectivity index (χ2n) is 5.84. The van der Waals surface area contributed by atoms with Gasteiger partial charge in [0.25, 0.3) is 5.91 Å². The molecule has 9 heteroatoms. The van der Waals surface area contributed by atoms with Gasteiger partial charge in [-0.3, -0.25) is 9.10 Å². The van der Waals surface area contributed by atoms with Gasteiger partial charge in [-0.05, 0) is 78.4 Å². The molecule has 1 amide bonds. The van der Waals surface area contributed by atoms with Crippen molar-refractivity contribution in [2.45, 2.75) is 13.8 Å².